The number of hydrogen-bond donors (Lipinski definition) is 3. The number of amides is 4. The molecule has 0 saturated heterocycles. The predicted molar refractivity (Wildman–Crippen MR) is 114 cm³/mol. The van der Waals surface area contributed by atoms with E-state index in [1.165, 1.54) is 4.90 Å². The van der Waals surface area contributed by atoms with Crippen LogP contribution in [0.3, 0.4) is 0 Å². The van der Waals surface area contributed by atoms with Crippen molar-refractivity contribution in [2.75, 3.05) is 25.5 Å². The van der Waals surface area contributed by atoms with Crippen LogP contribution in [-0.2, 0) is 9.59 Å². The van der Waals surface area contributed by atoms with Crippen LogP contribution in [0.4, 0.5) is 10.5 Å². The predicted octanol–water partition coefficient (Wildman–Crippen LogP) is 3.45. The molecule has 9 heteroatoms. The topological polar surface area (TPSA) is 90.5 Å². The van der Waals surface area contributed by atoms with Gasteiger partial charge in [0.05, 0.1) is 22.3 Å². The molecule has 154 valence electrons. The molecule has 0 heterocycles. The highest BCUT2D eigenvalue weighted by Gasteiger charge is 2.28. The smallest absolute Gasteiger partial charge is 0.321 e. The molecular weight excluding hydrogens is 415 g/mol. The number of rotatable bonds is 7. The number of carbonyl (C=O) groups is 3. The largest absolute Gasteiger partial charge is 0.338 e. The highest BCUT2D eigenvalue weighted by molar-refractivity contribution is 6.39. The number of halogens is 2. The van der Waals surface area contributed by atoms with Crippen molar-refractivity contribution >= 4 is 46.7 Å². The van der Waals surface area contributed by atoms with Gasteiger partial charge in [0.25, 0.3) is 0 Å². The quantitative estimate of drug-likeness (QED) is 0.619. The number of carbonyl (C=O) groups excluding carboxylic acids is 3. The fourth-order valence-corrected chi connectivity index (χ4v) is 3.23. The summed E-state index contributed by atoms with van der Waals surface area (Å²) in [7, 11) is 1.61. The molecule has 1 atom stereocenters. The summed E-state index contributed by atoms with van der Waals surface area (Å²) in [6.45, 7) is 1.99. The van der Waals surface area contributed by atoms with E-state index in [-0.39, 0.29) is 6.54 Å². The van der Waals surface area contributed by atoms with E-state index in [9.17, 15) is 14.4 Å². The highest BCUT2D eigenvalue weighted by Crippen LogP contribution is 2.30. The third kappa shape index (κ3) is 6.45. The summed E-state index contributed by atoms with van der Waals surface area (Å²) in [6.07, 6.45) is 0. The molecule has 4 amide bonds. The molecule has 3 N–H and O–H groups in total. The summed E-state index contributed by atoms with van der Waals surface area (Å²) < 4.78 is 0. The third-order valence-corrected chi connectivity index (χ3v) is 4.63. The number of nitrogens with zero attached hydrogens (tertiary/aromatic N) is 1. The molecule has 2 aromatic carbocycles. The Bertz CT molecular complexity index is 857. The number of imide groups is 1. The average Bonchev–Trinajstić information content (AvgIpc) is 2.66. The van der Waals surface area contributed by atoms with Crippen LogP contribution in [0.15, 0.2) is 48.5 Å². The molecule has 2 aromatic rings. The molecule has 7 nitrogen and oxygen atoms in total. The van der Waals surface area contributed by atoms with E-state index in [1.807, 2.05) is 6.07 Å². The van der Waals surface area contributed by atoms with Gasteiger partial charge in [0.2, 0.25) is 11.8 Å². The molecule has 0 aromatic heterocycles. The minimum absolute atomic E-state index is 0.135. The van der Waals surface area contributed by atoms with Crippen molar-refractivity contribution in [1.82, 2.24) is 15.5 Å². The van der Waals surface area contributed by atoms with Crippen molar-refractivity contribution in [3.63, 3.8) is 0 Å². The number of para-hydroxylation sites is 1. The maximum atomic E-state index is 12.7. The first-order valence-electron chi connectivity index (χ1n) is 8.91. The summed E-state index contributed by atoms with van der Waals surface area (Å²) in [6, 6.07) is 12.3. The standard InChI is InChI=1S/C20H22Cl2N4O3/c1-3-23-20(29)25-19(28)18(13-8-5-4-6-9-13)26(2)12-16(27)24-17-14(21)10-7-11-15(17)22/h4-11,18H,3,12H2,1-2H3,(H,24,27)(H2,23,25,28,29). The van der Waals surface area contributed by atoms with Crippen LogP contribution in [0, 0.1) is 0 Å². The summed E-state index contributed by atoms with van der Waals surface area (Å²) in [5.74, 6) is -0.956. The van der Waals surface area contributed by atoms with Crippen LogP contribution in [0.5, 0.6) is 0 Å². The van der Waals surface area contributed by atoms with Gasteiger partial charge in [-0.05, 0) is 31.7 Å². The second-order valence-corrected chi connectivity index (χ2v) is 7.04. The zero-order chi connectivity index (χ0) is 21.4. The summed E-state index contributed by atoms with van der Waals surface area (Å²) >= 11 is 12.2. The maximum Gasteiger partial charge on any atom is 0.321 e. The molecule has 0 bridgehead atoms. The molecule has 0 aliphatic carbocycles. The first kappa shape index (κ1) is 22.7. The van der Waals surface area contributed by atoms with E-state index in [0.29, 0.717) is 27.8 Å². The minimum atomic E-state index is -0.855. The number of likely N-dealkylation sites (N-methyl/N-ethyl adjacent to an activating group) is 1. The Kier molecular flexibility index (Phi) is 8.45. The molecule has 29 heavy (non-hydrogen) atoms. The van der Waals surface area contributed by atoms with Crippen molar-refractivity contribution in [2.45, 2.75) is 13.0 Å². The van der Waals surface area contributed by atoms with Gasteiger partial charge in [-0.2, -0.15) is 0 Å². The van der Waals surface area contributed by atoms with Gasteiger partial charge in [0.15, 0.2) is 0 Å². The number of benzene rings is 2. The Morgan fingerprint density at radius 3 is 2.21 bits per heavy atom. The van der Waals surface area contributed by atoms with Gasteiger partial charge < -0.3 is 10.6 Å². The van der Waals surface area contributed by atoms with Crippen LogP contribution >= 0.6 is 23.2 Å². The molecule has 2 rings (SSSR count). The Morgan fingerprint density at radius 1 is 1.00 bits per heavy atom. The maximum absolute atomic E-state index is 12.7. The number of anilines is 1. The zero-order valence-corrected chi connectivity index (χ0v) is 17.6. The van der Waals surface area contributed by atoms with Crippen LogP contribution in [0.25, 0.3) is 0 Å². The lowest BCUT2D eigenvalue weighted by Gasteiger charge is -2.27. The molecule has 1 unspecified atom stereocenters. The van der Waals surface area contributed by atoms with Crippen molar-refractivity contribution in [3.05, 3.63) is 64.1 Å². The Balaban J connectivity index is 2.16. The Hall–Kier alpha value is -2.61. The van der Waals surface area contributed by atoms with Gasteiger partial charge >= 0.3 is 6.03 Å². The van der Waals surface area contributed by atoms with Crippen molar-refractivity contribution in [2.24, 2.45) is 0 Å². The highest BCUT2D eigenvalue weighted by atomic mass is 35.5. The van der Waals surface area contributed by atoms with Crippen LogP contribution in [0.1, 0.15) is 18.5 Å². The van der Waals surface area contributed by atoms with Crippen molar-refractivity contribution < 1.29 is 14.4 Å². The summed E-state index contributed by atoms with van der Waals surface area (Å²) in [5.41, 5.74) is 0.942. The van der Waals surface area contributed by atoms with Crippen molar-refractivity contribution in [1.29, 1.82) is 0 Å². The Labute approximate surface area is 179 Å². The molecule has 0 spiro atoms. The zero-order valence-electron chi connectivity index (χ0n) is 16.0. The first-order chi connectivity index (χ1) is 13.8. The lowest BCUT2D eigenvalue weighted by molar-refractivity contribution is -0.126. The lowest BCUT2D eigenvalue weighted by atomic mass is 10.0. The number of nitrogens with one attached hydrogen (secondary N) is 3. The van der Waals surface area contributed by atoms with Gasteiger partial charge in [0, 0.05) is 6.54 Å². The van der Waals surface area contributed by atoms with Crippen molar-refractivity contribution in [3.8, 4) is 0 Å². The van der Waals surface area contributed by atoms with Gasteiger partial charge in [-0.3, -0.25) is 19.8 Å². The molecule has 0 aliphatic rings. The lowest BCUT2D eigenvalue weighted by Crippen LogP contribution is -2.46. The van der Waals surface area contributed by atoms with Gasteiger partial charge in [-0.25, -0.2) is 4.79 Å². The summed E-state index contributed by atoms with van der Waals surface area (Å²) in [5, 5.41) is 8.08. The van der Waals surface area contributed by atoms with Gasteiger partial charge in [-0.15, -0.1) is 0 Å². The van der Waals surface area contributed by atoms with Gasteiger partial charge in [0.1, 0.15) is 6.04 Å². The number of urea groups is 1. The normalized spacial score (nSPS) is 11.6. The van der Waals surface area contributed by atoms with Gasteiger partial charge in [-0.1, -0.05) is 59.6 Å². The first-order valence-corrected chi connectivity index (χ1v) is 9.66. The van der Waals surface area contributed by atoms with E-state index < -0.39 is 23.9 Å². The number of hydrogen-bond acceptors (Lipinski definition) is 4. The van der Waals surface area contributed by atoms with Crippen LogP contribution in [-0.4, -0.2) is 42.9 Å². The fourth-order valence-electron chi connectivity index (χ4n) is 2.74. The van der Waals surface area contributed by atoms with Crippen LogP contribution < -0.4 is 16.0 Å². The minimum Gasteiger partial charge on any atom is -0.338 e. The molecule has 0 aliphatic heterocycles. The molecular formula is C20H22Cl2N4O3. The average molecular weight is 437 g/mol. The SMILES string of the molecule is CCNC(=O)NC(=O)C(c1ccccc1)N(C)CC(=O)Nc1c(Cl)cccc1Cl. The van der Waals surface area contributed by atoms with Crippen LogP contribution in [0.2, 0.25) is 10.0 Å². The van der Waals surface area contributed by atoms with E-state index in [4.69, 9.17) is 23.2 Å². The Morgan fingerprint density at radius 2 is 1.62 bits per heavy atom. The summed E-state index contributed by atoms with van der Waals surface area (Å²) in [4.78, 5) is 38.6. The second-order valence-electron chi connectivity index (χ2n) is 6.22. The fraction of sp³-hybridized carbons (Fsp3) is 0.250. The molecule has 0 saturated carbocycles. The van der Waals surface area contributed by atoms with E-state index in [1.54, 1.807) is 56.4 Å². The molecule has 0 radical (unpaired) electrons. The second kappa shape index (κ2) is 10.8. The van der Waals surface area contributed by atoms with E-state index in [2.05, 4.69) is 16.0 Å². The van der Waals surface area contributed by atoms with E-state index in [0.717, 1.165) is 0 Å². The molecule has 0 fully saturated rings. The van der Waals surface area contributed by atoms with E-state index >= 15 is 0 Å². The third-order valence-electron chi connectivity index (χ3n) is 4.00. The monoisotopic (exact) mass is 436 g/mol.